The Bertz CT molecular complexity index is 1180. The molecule has 0 aliphatic carbocycles. The molecule has 3 rings (SSSR count). The summed E-state index contributed by atoms with van der Waals surface area (Å²) in [7, 11) is 0. The summed E-state index contributed by atoms with van der Waals surface area (Å²) in [5.74, 6) is -0.455. The van der Waals surface area contributed by atoms with Crippen molar-refractivity contribution in [2.24, 2.45) is 0 Å². The number of carbonyl (C=O) groups is 1. The van der Waals surface area contributed by atoms with E-state index in [0.29, 0.717) is 21.2 Å². The van der Waals surface area contributed by atoms with Crippen LogP contribution in [0.1, 0.15) is 27.3 Å². The van der Waals surface area contributed by atoms with Gasteiger partial charge in [0, 0.05) is 34.0 Å². The highest BCUT2D eigenvalue weighted by molar-refractivity contribution is 7.99. The van der Waals surface area contributed by atoms with Gasteiger partial charge in [0.2, 0.25) is 5.78 Å². The van der Waals surface area contributed by atoms with E-state index in [2.05, 4.69) is 9.97 Å². The number of Topliss-reactive ketones (excluding diaryl/α,β-unsaturated/α-hetero) is 1. The summed E-state index contributed by atoms with van der Waals surface area (Å²) in [6.45, 7) is 3.70. The number of allylic oxidation sites excluding steroid dienone is 1. The first-order valence-corrected chi connectivity index (χ1v) is 9.69. The van der Waals surface area contributed by atoms with Crippen molar-refractivity contribution in [1.29, 1.82) is 5.26 Å². The number of nitro groups is 1. The van der Waals surface area contributed by atoms with Gasteiger partial charge in [0.1, 0.15) is 11.6 Å². The van der Waals surface area contributed by atoms with Crippen molar-refractivity contribution in [2.45, 2.75) is 23.9 Å². The first-order chi connectivity index (χ1) is 14.4. The number of hydrogen-bond donors (Lipinski definition) is 0. The van der Waals surface area contributed by atoms with Crippen LogP contribution < -0.4 is 0 Å². The Hall–Kier alpha value is -3.83. The molecule has 1 heterocycles. The number of carbonyl (C=O) groups excluding carboxylic acids is 1. The molecule has 0 spiro atoms. The van der Waals surface area contributed by atoms with E-state index in [0.717, 1.165) is 11.4 Å². The molecule has 0 radical (unpaired) electrons. The fraction of sp³-hybridized carbons (Fsp3) is 0.0909. The number of nitro benzene ring substituents is 1. The van der Waals surface area contributed by atoms with Gasteiger partial charge in [-0.2, -0.15) is 5.26 Å². The molecule has 0 bridgehead atoms. The van der Waals surface area contributed by atoms with Crippen LogP contribution in [0.25, 0.3) is 6.08 Å². The molecular formula is C22H16N4O3S. The number of aromatic nitrogens is 2. The topological polar surface area (TPSA) is 110 Å². The van der Waals surface area contributed by atoms with Crippen molar-refractivity contribution in [1.82, 2.24) is 9.97 Å². The summed E-state index contributed by atoms with van der Waals surface area (Å²) in [6, 6.07) is 16.4. The van der Waals surface area contributed by atoms with Crippen LogP contribution in [-0.2, 0) is 0 Å². The van der Waals surface area contributed by atoms with Crippen LogP contribution >= 0.6 is 11.8 Å². The van der Waals surface area contributed by atoms with Crippen LogP contribution in [0.4, 0.5) is 5.69 Å². The molecule has 0 unspecified atom stereocenters. The van der Waals surface area contributed by atoms with Gasteiger partial charge in [-0.05, 0) is 49.4 Å². The highest BCUT2D eigenvalue weighted by atomic mass is 32.2. The summed E-state index contributed by atoms with van der Waals surface area (Å²) in [5, 5.41) is 21.3. The second-order valence-corrected chi connectivity index (χ2v) is 7.39. The Labute approximate surface area is 177 Å². The normalized spacial score (nSPS) is 11.0. The van der Waals surface area contributed by atoms with Gasteiger partial charge in [0.25, 0.3) is 5.69 Å². The number of hydrogen-bond acceptors (Lipinski definition) is 7. The Morgan fingerprint density at radius 2 is 1.77 bits per heavy atom. The van der Waals surface area contributed by atoms with Crippen LogP contribution in [0.5, 0.6) is 0 Å². The largest absolute Gasteiger partial charge is 0.288 e. The van der Waals surface area contributed by atoms with Crippen molar-refractivity contribution in [3.05, 3.63) is 92.8 Å². The predicted octanol–water partition coefficient (Wildman–Crippen LogP) is 4.94. The lowest BCUT2D eigenvalue weighted by molar-refractivity contribution is -0.384. The average Bonchev–Trinajstić information content (AvgIpc) is 2.72. The standard InChI is InChI=1S/C22H16N4O3S/c1-14-10-15(2)25-22(24-14)30-20-9-8-19(26(28)29)12-17(20)11-18(13-23)21(27)16-6-4-3-5-7-16/h3-12H,1-2H3. The minimum absolute atomic E-state index is 0.120. The molecule has 30 heavy (non-hydrogen) atoms. The Balaban J connectivity index is 2.07. The van der Waals surface area contributed by atoms with Crippen molar-refractivity contribution in [3.8, 4) is 6.07 Å². The maximum Gasteiger partial charge on any atom is 0.270 e. The summed E-state index contributed by atoms with van der Waals surface area (Å²) in [6.07, 6.45) is 1.37. The minimum atomic E-state index is -0.524. The molecule has 0 saturated heterocycles. The van der Waals surface area contributed by atoms with Gasteiger partial charge < -0.3 is 0 Å². The monoisotopic (exact) mass is 416 g/mol. The van der Waals surface area contributed by atoms with Gasteiger partial charge in [0.05, 0.1) is 4.92 Å². The Morgan fingerprint density at radius 1 is 1.10 bits per heavy atom. The molecule has 0 atom stereocenters. The smallest absolute Gasteiger partial charge is 0.270 e. The van der Waals surface area contributed by atoms with Gasteiger partial charge in [-0.3, -0.25) is 14.9 Å². The predicted molar refractivity (Wildman–Crippen MR) is 113 cm³/mol. The zero-order chi connectivity index (χ0) is 21.7. The van der Waals surface area contributed by atoms with E-state index in [4.69, 9.17) is 0 Å². The molecule has 1 aromatic heterocycles. The van der Waals surface area contributed by atoms with Gasteiger partial charge >= 0.3 is 0 Å². The maximum absolute atomic E-state index is 12.7. The first-order valence-electron chi connectivity index (χ1n) is 8.87. The van der Waals surface area contributed by atoms with E-state index in [-0.39, 0.29) is 11.3 Å². The quantitative estimate of drug-likeness (QED) is 0.140. The van der Waals surface area contributed by atoms with Crippen molar-refractivity contribution in [3.63, 3.8) is 0 Å². The number of nitriles is 1. The number of aryl methyl sites for hydroxylation is 2. The number of rotatable bonds is 6. The molecule has 2 aromatic carbocycles. The van der Waals surface area contributed by atoms with Crippen LogP contribution in [-0.4, -0.2) is 20.7 Å². The first kappa shape index (κ1) is 20.9. The highest BCUT2D eigenvalue weighted by Gasteiger charge is 2.16. The zero-order valence-corrected chi connectivity index (χ0v) is 17.0. The molecule has 148 valence electrons. The molecule has 0 fully saturated rings. The Kier molecular flexibility index (Phi) is 6.35. The van der Waals surface area contributed by atoms with E-state index in [1.54, 1.807) is 36.4 Å². The van der Waals surface area contributed by atoms with Crippen LogP contribution in [0, 0.1) is 35.3 Å². The molecule has 7 nitrogen and oxygen atoms in total. The molecule has 8 heteroatoms. The third kappa shape index (κ3) is 4.96. The molecule has 0 aliphatic rings. The summed E-state index contributed by atoms with van der Waals surface area (Å²) in [4.78, 5) is 32.8. The summed E-state index contributed by atoms with van der Waals surface area (Å²) < 4.78 is 0. The van der Waals surface area contributed by atoms with Gasteiger partial charge in [-0.15, -0.1) is 0 Å². The second kappa shape index (κ2) is 9.11. The average molecular weight is 416 g/mol. The van der Waals surface area contributed by atoms with E-state index in [9.17, 15) is 20.2 Å². The lowest BCUT2D eigenvalue weighted by atomic mass is 10.0. The number of nitrogens with zero attached hydrogens (tertiary/aromatic N) is 4. The van der Waals surface area contributed by atoms with Crippen LogP contribution in [0.2, 0.25) is 0 Å². The van der Waals surface area contributed by atoms with Crippen molar-refractivity contribution in [2.75, 3.05) is 0 Å². The fourth-order valence-corrected chi connectivity index (χ4v) is 3.69. The molecule has 0 amide bonds. The number of ketones is 1. The Morgan fingerprint density at radius 3 is 2.37 bits per heavy atom. The summed E-state index contributed by atoms with van der Waals surface area (Å²) >= 11 is 1.21. The van der Waals surface area contributed by atoms with Gasteiger partial charge in [-0.25, -0.2) is 9.97 Å². The lowest BCUT2D eigenvalue weighted by Crippen LogP contribution is -2.02. The molecular weight excluding hydrogens is 400 g/mol. The third-order valence-electron chi connectivity index (χ3n) is 4.07. The van der Waals surface area contributed by atoms with Gasteiger partial charge in [0.15, 0.2) is 5.16 Å². The van der Waals surface area contributed by atoms with Gasteiger partial charge in [-0.1, -0.05) is 30.3 Å². The third-order valence-corrected chi connectivity index (χ3v) is 5.02. The van der Waals surface area contributed by atoms with Crippen molar-refractivity contribution < 1.29 is 9.72 Å². The van der Waals surface area contributed by atoms with E-state index in [1.807, 2.05) is 26.0 Å². The maximum atomic E-state index is 12.7. The molecule has 0 saturated carbocycles. The SMILES string of the molecule is Cc1cc(C)nc(Sc2ccc([N+](=O)[O-])cc2C=C(C#N)C(=O)c2ccccc2)n1. The van der Waals surface area contributed by atoms with Crippen molar-refractivity contribution >= 4 is 29.3 Å². The summed E-state index contributed by atoms with van der Waals surface area (Å²) in [5.41, 5.74) is 2.06. The van der Waals surface area contributed by atoms with E-state index in [1.165, 1.54) is 30.0 Å². The van der Waals surface area contributed by atoms with E-state index >= 15 is 0 Å². The van der Waals surface area contributed by atoms with E-state index < -0.39 is 10.7 Å². The molecule has 0 aliphatic heterocycles. The highest BCUT2D eigenvalue weighted by Crippen LogP contribution is 2.32. The molecule has 3 aromatic rings. The fourth-order valence-electron chi connectivity index (χ4n) is 2.74. The van der Waals surface area contributed by atoms with Crippen LogP contribution in [0.3, 0.4) is 0 Å². The number of non-ortho nitro benzene ring substituents is 1. The minimum Gasteiger partial charge on any atom is -0.288 e. The second-order valence-electron chi connectivity index (χ2n) is 6.38. The zero-order valence-electron chi connectivity index (χ0n) is 16.2. The number of benzene rings is 2. The molecule has 0 N–H and O–H groups in total. The lowest BCUT2D eigenvalue weighted by Gasteiger charge is -2.07. The van der Waals surface area contributed by atoms with Crippen LogP contribution in [0.15, 0.2) is 70.2 Å².